The van der Waals surface area contributed by atoms with Gasteiger partial charge in [0.2, 0.25) is 11.7 Å². The van der Waals surface area contributed by atoms with E-state index in [4.69, 9.17) is 0 Å². The lowest BCUT2D eigenvalue weighted by atomic mass is 10.1. The lowest BCUT2D eigenvalue weighted by molar-refractivity contribution is -0.113. The average molecular weight is 357 g/mol. The van der Waals surface area contributed by atoms with E-state index in [1.54, 1.807) is 4.40 Å². The van der Waals surface area contributed by atoms with E-state index in [0.29, 0.717) is 17.4 Å². The number of hydrogen-bond acceptors (Lipinski definition) is 5. The quantitative estimate of drug-likeness (QED) is 0.684. The van der Waals surface area contributed by atoms with E-state index in [1.807, 2.05) is 32.9 Å². The summed E-state index contributed by atoms with van der Waals surface area (Å²) < 4.78 is 1.77. The van der Waals surface area contributed by atoms with E-state index in [0.717, 1.165) is 22.5 Å². The number of nitrogens with zero attached hydrogens (tertiary/aromatic N) is 3. The van der Waals surface area contributed by atoms with Crippen LogP contribution in [0.15, 0.2) is 34.2 Å². The molecule has 0 saturated carbocycles. The van der Waals surface area contributed by atoms with E-state index in [2.05, 4.69) is 26.6 Å². The molecule has 130 valence electrons. The molecule has 0 saturated heterocycles. The summed E-state index contributed by atoms with van der Waals surface area (Å²) in [6.07, 6.45) is 0.667. The van der Waals surface area contributed by atoms with E-state index in [-0.39, 0.29) is 17.2 Å². The van der Waals surface area contributed by atoms with Crippen molar-refractivity contribution in [2.45, 2.75) is 32.3 Å². The van der Waals surface area contributed by atoms with Crippen molar-refractivity contribution in [3.8, 4) is 0 Å². The number of anilines is 1. The number of amides is 1. The average Bonchev–Trinajstić information content (AvgIpc) is 2.94. The van der Waals surface area contributed by atoms with Crippen LogP contribution in [0.5, 0.6) is 0 Å². The molecule has 0 aliphatic carbocycles. The van der Waals surface area contributed by atoms with Crippen molar-refractivity contribution in [1.82, 2.24) is 19.6 Å². The summed E-state index contributed by atoms with van der Waals surface area (Å²) in [5, 5.41) is 11.5. The van der Waals surface area contributed by atoms with Gasteiger partial charge in [-0.15, -0.1) is 10.2 Å². The zero-order chi connectivity index (χ0) is 18.0. The summed E-state index contributed by atoms with van der Waals surface area (Å²) in [7, 11) is 0. The second kappa shape index (κ2) is 7.10. The molecule has 3 aromatic rings. The van der Waals surface area contributed by atoms with Crippen molar-refractivity contribution in [2.75, 3.05) is 11.1 Å². The minimum Gasteiger partial charge on any atom is -0.325 e. The number of carbonyl (C=O) groups excluding carboxylic acids is 1. The molecule has 1 amide bonds. The second-order valence-corrected chi connectivity index (χ2v) is 6.78. The van der Waals surface area contributed by atoms with Crippen LogP contribution in [-0.4, -0.2) is 31.2 Å². The molecule has 0 bridgehead atoms. The van der Waals surface area contributed by atoms with Crippen molar-refractivity contribution in [3.63, 3.8) is 0 Å². The van der Waals surface area contributed by atoms with Crippen LogP contribution in [0.2, 0.25) is 0 Å². The van der Waals surface area contributed by atoms with Gasteiger partial charge in [-0.3, -0.25) is 19.0 Å². The number of rotatable bonds is 5. The van der Waals surface area contributed by atoms with Crippen LogP contribution < -0.4 is 10.9 Å². The normalized spacial score (nSPS) is 11.0. The summed E-state index contributed by atoms with van der Waals surface area (Å²) in [6.45, 7) is 5.94. The van der Waals surface area contributed by atoms with Crippen molar-refractivity contribution in [3.05, 3.63) is 51.4 Å². The van der Waals surface area contributed by atoms with Gasteiger partial charge in [-0.2, -0.15) is 0 Å². The third-order valence-corrected chi connectivity index (χ3v) is 4.58. The molecule has 2 aromatic heterocycles. The highest BCUT2D eigenvalue weighted by Gasteiger charge is 2.13. The van der Waals surface area contributed by atoms with Gasteiger partial charge in [0.25, 0.3) is 5.56 Å². The molecule has 7 nitrogen and oxygen atoms in total. The summed E-state index contributed by atoms with van der Waals surface area (Å²) in [5.41, 5.74) is 3.58. The van der Waals surface area contributed by atoms with Crippen LogP contribution in [0.25, 0.3) is 5.78 Å². The van der Waals surface area contributed by atoms with Gasteiger partial charge in [-0.1, -0.05) is 24.8 Å². The Hall–Kier alpha value is -2.61. The van der Waals surface area contributed by atoms with Gasteiger partial charge in [0.1, 0.15) is 0 Å². The smallest absolute Gasteiger partial charge is 0.252 e. The van der Waals surface area contributed by atoms with Crippen molar-refractivity contribution in [2.24, 2.45) is 0 Å². The highest BCUT2D eigenvalue weighted by molar-refractivity contribution is 7.99. The zero-order valence-corrected chi connectivity index (χ0v) is 15.1. The number of fused-ring (bicyclic) bond motifs is 1. The molecule has 2 heterocycles. The Morgan fingerprint density at radius 1 is 1.20 bits per heavy atom. The van der Waals surface area contributed by atoms with Crippen LogP contribution in [-0.2, 0) is 11.2 Å². The van der Waals surface area contributed by atoms with Gasteiger partial charge in [-0.05, 0) is 43.5 Å². The first-order valence-electron chi connectivity index (χ1n) is 7.94. The van der Waals surface area contributed by atoms with Gasteiger partial charge < -0.3 is 5.32 Å². The Kier molecular flexibility index (Phi) is 4.89. The Morgan fingerprint density at radius 2 is 1.92 bits per heavy atom. The van der Waals surface area contributed by atoms with Crippen LogP contribution in [0.3, 0.4) is 0 Å². The highest BCUT2D eigenvalue weighted by atomic mass is 32.2. The molecule has 8 heteroatoms. The Bertz CT molecular complexity index is 972. The van der Waals surface area contributed by atoms with Crippen LogP contribution >= 0.6 is 11.8 Å². The zero-order valence-electron chi connectivity index (χ0n) is 14.3. The molecule has 0 radical (unpaired) electrons. The third kappa shape index (κ3) is 3.90. The largest absolute Gasteiger partial charge is 0.325 e. The fourth-order valence-electron chi connectivity index (χ4n) is 2.70. The number of benzene rings is 1. The Morgan fingerprint density at radius 3 is 2.60 bits per heavy atom. The van der Waals surface area contributed by atoms with Gasteiger partial charge in [0.05, 0.1) is 5.75 Å². The monoisotopic (exact) mass is 357 g/mol. The van der Waals surface area contributed by atoms with E-state index >= 15 is 0 Å². The van der Waals surface area contributed by atoms with Gasteiger partial charge in [0, 0.05) is 17.4 Å². The number of carbonyl (C=O) groups is 1. The van der Waals surface area contributed by atoms with Crippen LogP contribution in [0, 0.1) is 13.8 Å². The Labute approximate surface area is 148 Å². The lowest BCUT2D eigenvalue weighted by Crippen LogP contribution is -2.15. The molecule has 3 rings (SSSR count). The number of aryl methyl sites for hydroxylation is 3. The van der Waals surface area contributed by atoms with E-state index in [9.17, 15) is 9.59 Å². The van der Waals surface area contributed by atoms with Gasteiger partial charge in [0.15, 0.2) is 5.16 Å². The molecule has 25 heavy (non-hydrogen) atoms. The van der Waals surface area contributed by atoms with Crippen molar-refractivity contribution < 1.29 is 4.79 Å². The number of aromatic nitrogens is 4. The number of H-pyrrole nitrogens is 1. The maximum atomic E-state index is 12.2. The molecule has 0 atom stereocenters. The standard InChI is InChI=1S/C17H19N5O2S/c1-4-13-8-14(23)19-16-20-21-17(22(13)16)25-9-15(24)18-12-6-10(2)5-11(3)7-12/h5-8H,4,9H2,1-3H3,(H,18,24)(H,19,20,23). The predicted octanol–water partition coefficient (Wildman–Crippen LogP) is 2.33. The first kappa shape index (κ1) is 17.2. The number of thioether (sulfide) groups is 1. The second-order valence-electron chi connectivity index (χ2n) is 5.83. The van der Waals surface area contributed by atoms with Gasteiger partial charge >= 0.3 is 0 Å². The first-order chi connectivity index (χ1) is 12.0. The minimum absolute atomic E-state index is 0.116. The molecule has 0 spiro atoms. The Balaban J connectivity index is 1.74. The summed E-state index contributed by atoms with van der Waals surface area (Å²) >= 11 is 1.28. The van der Waals surface area contributed by atoms with E-state index < -0.39 is 0 Å². The number of nitrogens with one attached hydrogen (secondary N) is 2. The van der Waals surface area contributed by atoms with Crippen molar-refractivity contribution in [1.29, 1.82) is 0 Å². The maximum absolute atomic E-state index is 12.2. The number of hydrogen-bond donors (Lipinski definition) is 2. The van der Waals surface area contributed by atoms with Crippen LogP contribution in [0.4, 0.5) is 5.69 Å². The minimum atomic E-state index is -0.208. The fourth-order valence-corrected chi connectivity index (χ4v) is 3.46. The molecular weight excluding hydrogens is 338 g/mol. The summed E-state index contributed by atoms with van der Waals surface area (Å²) in [4.78, 5) is 26.5. The molecule has 2 N–H and O–H groups in total. The highest BCUT2D eigenvalue weighted by Crippen LogP contribution is 2.19. The topological polar surface area (TPSA) is 92.2 Å². The summed E-state index contributed by atoms with van der Waals surface area (Å²) in [5.74, 6) is 0.478. The maximum Gasteiger partial charge on any atom is 0.252 e. The molecule has 0 aliphatic rings. The molecule has 0 fully saturated rings. The molecule has 1 aromatic carbocycles. The number of aromatic amines is 1. The molecule has 0 unspecified atom stereocenters. The molecular formula is C17H19N5O2S. The van der Waals surface area contributed by atoms with E-state index in [1.165, 1.54) is 17.8 Å². The van der Waals surface area contributed by atoms with Crippen LogP contribution in [0.1, 0.15) is 23.7 Å². The fraction of sp³-hybridized carbons (Fsp3) is 0.294. The van der Waals surface area contributed by atoms with Crippen molar-refractivity contribution >= 4 is 29.1 Å². The SMILES string of the molecule is CCc1cc(=O)[nH]c2nnc(SCC(=O)Nc3cc(C)cc(C)c3)n12. The summed E-state index contributed by atoms with van der Waals surface area (Å²) in [6, 6.07) is 7.44. The first-order valence-corrected chi connectivity index (χ1v) is 8.93. The lowest BCUT2D eigenvalue weighted by Gasteiger charge is -2.08. The van der Waals surface area contributed by atoms with Gasteiger partial charge in [-0.25, -0.2) is 0 Å². The third-order valence-electron chi connectivity index (χ3n) is 3.65. The predicted molar refractivity (Wildman–Crippen MR) is 98.3 cm³/mol. The molecule has 0 aliphatic heterocycles.